The minimum Gasteiger partial charge on any atom is -0.497 e. The zero-order chi connectivity index (χ0) is 20.0. The molecule has 0 bridgehead atoms. The fourth-order valence-electron chi connectivity index (χ4n) is 2.26. The van der Waals surface area contributed by atoms with E-state index in [0.717, 1.165) is 4.31 Å². The molecule has 0 saturated carbocycles. The molecule has 0 heterocycles. The maximum atomic E-state index is 12.5. The predicted molar refractivity (Wildman–Crippen MR) is 99.2 cm³/mol. The van der Waals surface area contributed by atoms with Crippen LogP contribution in [0.25, 0.3) is 0 Å². The smallest absolute Gasteiger partial charge is 0.337 e. The molecule has 0 spiro atoms. The molecule has 0 radical (unpaired) electrons. The Bertz CT molecular complexity index is 925. The Balaban J connectivity index is 2.07. The van der Waals surface area contributed by atoms with Gasteiger partial charge in [0, 0.05) is 12.7 Å². The molecule has 2 aromatic rings. The van der Waals surface area contributed by atoms with E-state index in [1.165, 1.54) is 51.6 Å². The highest BCUT2D eigenvalue weighted by Gasteiger charge is 2.23. The van der Waals surface area contributed by atoms with Crippen LogP contribution in [0.1, 0.15) is 10.4 Å². The van der Waals surface area contributed by atoms with Crippen molar-refractivity contribution in [1.29, 1.82) is 0 Å². The maximum absolute atomic E-state index is 12.5. The van der Waals surface area contributed by atoms with Gasteiger partial charge in [0.2, 0.25) is 15.9 Å². The Morgan fingerprint density at radius 2 is 1.74 bits per heavy atom. The third-order valence-electron chi connectivity index (χ3n) is 3.70. The van der Waals surface area contributed by atoms with Crippen LogP contribution >= 0.6 is 0 Å². The number of nitrogens with one attached hydrogen (secondary N) is 1. The lowest BCUT2D eigenvalue weighted by Gasteiger charge is -2.17. The van der Waals surface area contributed by atoms with Gasteiger partial charge in [0.05, 0.1) is 31.2 Å². The molecule has 0 aromatic heterocycles. The van der Waals surface area contributed by atoms with Crippen LogP contribution in [0.5, 0.6) is 5.75 Å². The summed E-state index contributed by atoms with van der Waals surface area (Å²) in [6.45, 7) is -0.392. The average Bonchev–Trinajstić information content (AvgIpc) is 2.67. The van der Waals surface area contributed by atoms with Crippen LogP contribution in [-0.4, -0.2) is 52.4 Å². The Kier molecular flexibility index (Phi) is 6.54. The van der Waals surface area contributed by atoms with Crippen molar-refractivity contribution in [3.63, 3.8) is 0 Å². The lowest BCUT2D eigenvalue weighted by atomic mass is 10.2. The Morgan fingerprint density at radius 1 is 1.07 bits per heavy atom. The van der Waals surface area contributed by atoms with E-state index in [9.17, 15) is 18.0 Å². The number of likely N-dealkylation sites (N-methyl/N-ethyl adjacent to an activating group) is 1. The highest BCUT2D eigenvalue weighted by atomic mass is 32.2. The molecule has 144 valence electrons. The number of anilines is 1. The van der Waals surface area contributed by atoms with Crippen LogP contribution in [0, 0.1) is 0 Å². The molecule has 0 fully saturated rings. The Labute approximate surface area is 157 Å². The average molecular weight is 392 g/mol. The molecule has 1 amide bonds. The van der Waals surface area contributed by atoms with E-state index in [2.05, 4.69) is 10.1 Å². The number of amides is 1. The van der Waals surface area contributed by atoms with Crippen LogP contribution in [-0.2, 0) is 19.6 Å². The van der Waals surface area contributed by atoms with Crippen molar-refractivity contribution >= 4 is 27.6 Å². The molecule has 1 N–H and O–H groups in total. The van der Waals surface area contributed by atoms with Crippen molar-refractivity contribution in [1.82, 2.24) is 4.31 Å². The van der Waals surface area contributed by atoms with Crippen molar-refractivity contribution in [2.75, 3.05) is 33.1 Å². The van der Waals surface area contributed by atoms with Gasteiger partial charge in [-0.3, -0.25) is 4.79 Å². The molecule has 2 rings (SSSR count). The Morgan fingerprint density at radius 3 is 2.33 bits per heavy atom. The van der Waals surface area contributed by atoms with Crippen LogP contribution in [0.2, 0.25) is 0 Å². The molecule has 0 atom stereocenters. The monoisotopic (exact) mass is 392 g/mol. The van der Waals surface area contributed by atoms with Crippen molar-refractivity contribution < 1.29 is 27.5 Å². The molecular weight excluding hydrogens is 372 g/mol. The topological polar surface area (TPSA) is 102 Å². The van der Waals surface area contributed by atoms with Gasteiger partial charge in [0.1, 0.15) is 5.75 Å². The van der Waals surface area contributed by atoms with E-state index < -0.39 is 28.4 Å². The van der Waals surface area contributed by atoms with Gasteiger partial charge in [-0.05, 0) is 42.5 Å². The highest BCUT2D eigenvalue weighted by molar-refractivity contribution is 7.89. The van der Waals surface area contributed by atoms with Crippen molar-refractivity contribution in [2.45, 2.75) is 4.90 Å². The molecule has 9 heteroatoms. The summed E-state index contributed by atoms with van der Waals surface area (Å²) in [5.74, 6) is -0.554. The molecule has 0 unspecified atom stereocenters. The first-order chi connectivity index (χ1) is 12.8. The number of methoxy groups -OCH3 is 2. The number of hydrogen-bond donors (Lipinski definition) is 1. The second-order valence-electron chi connectivity index (χ2n) is 5.56. The van der Waals surface area contributed by atoms with Crippen molar-refractivity contribution in [3.8, 4) is 5.75 Å². The van der Waals surface area contributed by atoms with Crippen molar-refractivity contribution in [2.24, 2.45) is 0 Å². The summed E-state index contributed by atoms with van der Waals surface area (Å²) in [5, 5.41) is 2.56. The number of carbonyl (C=O) groups excluding carboxylic acids is 2. The fraction of sp³-hybridized carbons (Fsp3) is 0.222. The third kappa shape index (κ3) is 5.05. The van der Waals surface area contributed by atoms with E-state index >= 15 is 0 Å². The van der Waals surface area contributed by atoms with E-state index in [0.29, 0.717) is 11.4 Å². The molecule has 0 saturated heterocycles. The standard InChI is InChI=1S/C18H20N2O6S/c1-20(27(23,24)16-9-7-15(25-2)8-10-16)12-17(21)19-14-6-4-5-13(11-14)18(22)26-3/h4-11H,12H2,1-3H3,(H,19,21). The summed E-state index contributed by atoms with van der Waals surface area (Å²) in [6.07, 6.45) is 0. The summed E-state index contributed by atoms with van der Waals surface area (Å²) < 4.78 is 35.7. The fourth-order valence-corrected chi connectivity index (χ4v) is 3.38. The second-order valence-corrected chi connectivity index (χ2v) is 7.60. The highest BCUT2D eigenvalue weighted by Crippen LogP contribution is 2.18. The molecule has 0 aliphatic carbocycles. The molecule has 8 nitrogen and oxygen atoms in total. The van der Waals surface area contributed by atoms with Crippen LogP contribution < -0.4 is 10.1 Å². The van der Waals surface area contributed by atoms with Crippen LogP contribution in [0.4, 0.5) is 5.69 Å². The van der Waals surface area contributed by atoms with Crippen LogP contribution in [0.3, 0.4) is 0 Å². The SMILES string of the molecule is COC(=O)c1cccc(NC(=O)CN(C)S(=O)(=O)c2ccc(OC)cc2)c1. The molecule has 27 heavy (non-hydrogen) atoms. The zero-order valence-corrected chi connectivity index (χ0v) is 15.9. The number of benzene rings is 2. The Hall–Kier alpha value is -2.91. The molecule has 0 aliphatic rings. The van der Waals surface area contributed by atoms with Gasteiger partial charge in [-0.15, -0.1) is 0 Å². The summed E-state index contributed by atoms with van der Waals surface area (Å²) in [5.41, 5.74) is 0.632. The number of sulfonamides is 1. The van der Waals surface area contributed by atoms with E-state index in [1.54, 1.807) is 18.2 Å². The normalized spacial score (nSPS) is 11.1. The number of hydrogen-bond acceptors (Lipinski definition) is 6. The van der Waals surface area contributed by atoms with Gasteiger partial charge < -0.3 is 14.8 Å². The zero-order valence-electron chi connectivity index (χ0n) is 15.1. The van der Waals surface area contributed by atoms with Gasteiger partial charge in [0.15, 0.2) is 0 Å². The van der Waals surface area contributed by atoms with E-state index in [4.69, 9.17) is 4.74 Å². The van der Waals surface area contributed by atoms with Gasteiger partial charge in [0.25, 0.3) is 0 Å². The lowest BCUT2D eigenvalue weighted by molar-refractivity contribution is -0.116. The first kappa shape index (κ1) is 20.4. The molecule has 0 aliphatic heterocycles. The van der Waals surface area contributed by atoms with E-state index in [1.807, 2.05) is 0 Å². The van der Waals surface area contributed by atoms with Crippen molar-refractivity contribution in [3.05, 3.63) is 54.1 Å². The summed E-state index contributed by atoms with van der Waals surface area (Å²) >= 11 is 0. The number of nitrogens with zero attached hydrogens (tertiary/aromatic N) is 1. The second kappa shape index (κ2) is 8.65. The van der Waals surface area contributed by atoms with Crippen LogP contribution in [0.15, 0.2) is 53.4 Å². The molecular formula is C18H20N2O6S. The predicted octanol–water partition coefficient (Wildman–Crippen LogP) is 1.74. The van der Waals surface area contributed by atoms with Gasteiger partial charge in [-0.1, -0.05) is 6.07 Å². The minimum absolute atomic E-state index is 0.0475. The minimum atomic E-state index is -3.83. The molecule has 2 aromatic carbocycles. The first-order valence-corrected chi connectivity index (χ1v) is 9.30. The number of rotatable bonds is 7. The quantitative estimate of drug-likeness (QED) is 0.720. The summed E-state index contributed by atoms with van der Waals surface area (Å²) in [4.78, 5) is 23.8. The number of carbonyl (C=O) groups is 2. The van der Waals surface area contributed by atoms with E-state index in [-0.39, 0.29) is 10.5 Å². The maximum Gasteiger partial charge on any atom is 0.337 e. The summed E-state index contributed by atoms with van der Waals surface area (Å²) in [6, 6.07) is 12.0. The van der Waals surface area contributed by atoms with Gasteiger partial charge >= 0.3 is 5.97 Å². The number of esters is 1. The van der Waals surface area contributed by atoms with Gasteiger partial charge in [-0.25, -0.2) is 13.2 Å². The largest absolute Gasteiger partial charge is 0.497 e. The number of ether oxygens (including phenoxy) is 2. The first-order valence-electron chi connectivity index (χ1n) is 7.86. The van der Waals surface area contributed by atoms with Gasteiger partial charge in [-0.2, -0.15) is 4.31 Å². The third-order valence-corrected chi connectivity index (χ3v) is 5.52. The lowest BCUT2D eigenvalue weighted by Crippen LogP contribution is -2.35. The summed E-state index contributed by atoms with van der Waals surface area (Å²) in [7, 11) is 0.213.